The highest BCUT2D eigenvalue weighted by Gasteiger charge is 2.85. The van der Waals surface area contributed by atoms with E-state index in [2.05, 4.69) is 9.47 Å². The Balaban J connectivity index is 3.42. The van der Waals surface area contributed by atoms with Crippen LogP contribution < -0.4 is 0 Å². The van der Waals surface area contributed by atoms with Crippen molar-refractivity contribution in [2.24, 2.45) is 0 Å². The molecular weight excluding hydrogens is 344 g/mol. The largest absolute Gasteiger partial charge is 0.453 e. The molecule has 23 heavy (non-hydrogen) atoms. The Hall–Kier alpha value is -1.66. The molecule has 0 aromatic heterocycles. The van der Waals surface area contributed by atoms with E-state index < -0.39 is 55.5 Å². The van der Waals surface area contributed by atoms with Crippen LogP contribution in [-0.4, -0.2) is 29.8 Å². The van der Waals surface area contributed by atoms with Gasteiger partial charge >= 0.3 is 18.1 Å². The van der Waals surface area contributed by atoms with Crippen LogP contribution in [0.5, 0.6) is 0 Å². The van der Waals surface area contributed by atoms with E-state index >= 15 is 0 Å². The molecule has 1 saturated heterocycles. The summed E-state index contributed by atoms with van der Waals surface area (Å²) in [7, 11) is 0. The maximum absolute atomic E-state index is 14.4. The fraction of sp³-hybridized carbons (Fsp3) is 0.818. The summed E-state index contributed by atoms with van der Waals surface area (Å²) in [5.74, 6) is -13.9. The first kappa shape index (κ1) is 19.4. The van der Waals surface area contributed by atoms with E-state index in [1.165, 1.54) is 12.1 Å². The number of halogens is 8. The van der Waals surface area contributed by atoms with Crippen LogP contribution in [0.3, 0.4) is 0 Å². The van der Waals surface area contributed by atoms with Gasteiger partial charge in [-0.3, -0.25) is 9.47 Å². The van der Waals surface area contributed by atoms with Crippen molar-refractivity contribution >= 4 is 0 Å². The number of nitrogens with zero attached hydrogens (tertiary/aromatic N) is 2. The summed E-state index contributed by atoms with van der Waals surface area (Å²) < 4.78 is 113. The Bertz CT molecular complexity index is 486. The molecule has 4 nitrogen and oxygen atoms in total. The molecule has 1 aliphatic heterocycles. The molecule has 0 aliphatic carbocycles. The van der Waals surface area contributed by atoms with Gasteiger partial charge in [0, 0.05) is 25.7 Å². The van der Waals surface area contributed by atoms with Crippen LogP contribution in [0.15, 0.2) is 0 Å². The van der Waals surface area contributed by atoms with E-state index in [1.807, 2.05) is 0 Å². The van der Waals surface area contributed by atoms with Crippen molar-refractivity contribution in [1.29, 1.82) is 10.5 Å². The van der Waals surface area contributed by atoms with Gasteiger partial charge in [0.1, 0.15) is 0 Å². The molecule has 2 unspecified atom stereocenters. The highest BCUT2D eigenvalue weighted by Crippen LogP contribution is 2.60. The third-order valence-electron chi connectivity index (χ3n) is 3.03. The van der Waals surface area contributed by atoms with E-state index in [-0.39, 0.29) is 0 Å². The molecule has 0 aromatic carbocycles. The first-order valence-corrected chi connectivity index (χ1v) is 5.94. The lowest BCUT2D eigenvalue weighted by Gasteiger charge is -2.31. The Morgan fingerprint density at radius 2 is 1.04 bits per heavy atom. The first-order valence-electron chi connectivity index (χ1n) is 5.94. The summed E-state index contributed by atoms with van der Waals surface area (Å²) in [6.45, 7) is 0. The van der Waals surface area contributed by atoms with Gasteiger partial charge in [-0.15, -0.1) is 0 Å². The highest BCUT2D eigenvalue weighted by molar-refractivity contribution is 5.04. The van der Waals surface area contributed by atoms with Crippen LogP contribution in [0.1, 0.15) is 25.7 Å². The van der Waals surface area contributed by atoms with Crippen molar-refractivity contribution in [2.75, 3.05) is 0 Å². The minimum absolute atomic E-state index is 0.941. The molecule has 130 valence electrons. The smallest absolute Gasteiger partial charge is 0.293 e. The molecule has 1 rings (SSSR count). The summed E-state index contributed by atoms with van der Waals surface area (Å²) in [6.07, 6.45) is -17.5. The predicted octanol–water partition coefficient (Wildman–Crippen LogP) is 3.79. The number of hydrogen-bond donors (Lipinski definition) is 0. The molecule has 0 aromatic rings. The van der Waals surface area contributed by atoms with Crippen molar-refractivity contribution in [2.45, 2.75) is 55.5 Å². The summed E-state index contributed by atoms with van der Waals surface area (Å²) in [5.41, 5.74) is 0. The van der Waals surface area contributed by atoms with Gasteiger partial charge in [-0.1, -0.05) is 0 Å². The van der Waals surface area contributed by atoms with Gasteiger partial charge in [-0.25, -0.2) is 8.78 Å². The lowest BCUT2D eigenvalue weighted by molar-refractivity contribution is -0.459. The normalized spacial score (nSPS) is 30.7. The van der Waals surface area contributed by atoms with Crippen LogP contribution in [0.25, 0.3) is 0 Å². The molecule has 1 heterocycles. The van der Waals surface area contributed by atoms with Crippen molar-refractivity contribution in [3.05, 3.63) is 0 Å². The second kappa shape index (κ2) is 5.76. The van der Waals surface area contributed by atoms with E-state index in [9.17, 15) is 35.1 Å². The molecule has 0 spiro atoms. The maximum atomic E-state index is 14.4. The fourth-order valence-electron chi connectivity index (χ4n) is 1.93. The number of rotatable bonds is 4. The summed E-state index contributed by atoms with van der Waals surface area (Å²) in [4.78, 5) is 0. The van der Waals surface area contributed by atoms with E-state index in [0.29, 0.717) is 0 Å². The fourth-order valence-corrected chi connectivity index (χ4v) is 1.93. The Kier molecular flexibility index (Phi) is 4.86. The van der Waals surface area contributed by atoms with Gasteiger partial charge in [0.05, 0.1) is 12.1 Å². The minimum atomic E-state index is -6.35. The second-order valence-corrected chi connectivity index (χ2v) is 4.59. The predicted molar refractivity (Wildman–Crippen MR) is 54.4 cm³/mol. The number of hydrogen-bond acceptors (Lipinski definition) is 4. The van der Waals surface area contributed by atoms with Crippen molar-refractivity contribution in [3.63, 3.8) is 0 Å². The van der Waals surface area contributed by atoms with Gasteiger partial charge < -0.3 is 0 Å². The van der Waals surface area contributed by atoms with Crippen molar-refractivity contribution in [3.8, 4) is 12.1 Å². The standard InChI is InChI=1S/C11H8F8N2O2/c12-7(3-1-5-20)8(13,4-2-6-21)23-9(22-7,10(14,15)16)11(17,18)19/h1-4H2. The molecule has 2 atom stereocenters. The summed E-state index contributed by atoms with van der Waals surface area (Å²) >= 11 is 0. The SMILES string of the molecule is N#CCCC1(F)OC(C(F)(F)F)(C(F)(F)F)OC1(F)CCC#N. The van der Waals surface area contributed by atoms with Crippen LogP contribution in [0.2, 0.25) is 0 Å². The Morgan fingerprint density at radius 3 is 1.26 bits per heavy atom. The third kappa shape index (κ3) is 3.05. The van der Waals surface area contributed by atoms with Crippen LogP contribution in [0.4, 0.5) is 35.1 Å². The molecule has 12 heteroatoms. The third-order valence-corrected chi connectivity index (χ3v) is 3.03. The zero-order chi connectivity index (χ0) is 18.2. The maximum Gasteiger partial charge on any atom is 0.453 e. The highest BCUT2D eigenvalue weighted by atomic mass is 19.4. The van der Waals surface area contributed by atoms with Crippen LogP contribution >= 0.6 is 0 Å². The zero-order valence-corrected chi connectivity index (χ0v) is 11.1. The number of ether oxygens (including phenoxy) is 2. The van der Waals surface area contributed by atoms with Crippen LogP contribution in [0, 0.1) is 22.7 Å². The molecule has 0 amide bonds. The summed E-state index contributed by atoms with van der Waals surface area (Å²) in [6, 6.07) is 2.50. The minimum Gasteiger partial charge on any atom is -0.293 e. The van der Waals surface area contributed by atoms with Gasteiger partial charge in [-0.05, 0) is 0 Å². The summed E-state index contributed by atoms with van der Waals surface area (Å²) in [5, 5.41) is 16.6. The molecule has 0 radical (unpaired) electrons. The molecule has 0 N–H and O–H groups in total. The molecule has 0 bridgehead atoms. The average Bonchev–Trinajstić information content (AvgIpc) is 2.64. The zero-order valence-electron chi connectivity index (χ0n) is 11.1. The monoisotopic (exact) mass is 352 g/mol. The van der Waals surface area contributed by atoms with Crippen LogP contribution in [-0.2, 0) is 9.47 Å². The lowest BCUT2D eigenvalue weighted by Crippen LogP contribution is -2.59. The van der Waals surface area contributed by atoms with Crippen molar-refractivity contribution in [1.82, 2.24) is 0 Å². The van der Waals surface area contributed by atoms with E-state index in [4.69, 9.17) is 10.5 Å². The van der Waals surface area contributed by atoms with Gasteiger partial charge in [0.15, 0.2) is 0 Å². The first-order chi connectivity index (χ1) is 10.3. The van der Waals surface area contributed by atoms with Gasteiger partial charge in [-0.2, -0.15) is 36.9 Å². The van der Waals surface area contributed by atoms with Gasteiger partial charge in [0.2, 0.25) is 0 Å². The van der Waals surface area contributed by atoms with E-state index in [1.54, 1.807) is 0 Å². The number of nitriles is 2. The van der Waals surface area contributed by atoms with Gasteiger partial charge in [0.25, 0.3) is 11.7 Å². The molecule has 0 saturated carbocycles. The molecule has 1 fully saturated rings. The quantitative estimate of drug-likeness (QED) is 0.722. The molecule has 1 aliphatic rings. The second-order valence-electron chi connectivity index (χ2n) is 4.59. The lowest BCUT2D eigenvalue weighted by atomic mass is 9.99. The van der Waals surface area contributed by atoms with E-state index in [0.717, 1.165) is 0 Å². The van der Waals surface area contributed by atoms with Crippen molar-refractivity contribution < 1.29 is 44.6 Å². The topological polar surface area (TPSA) is 66.0 Å². The Labute approximate surface area is 124 Å². The average molecular weight is 352 g/mol. The Morgan fingerprint density at radius 1 is 0.739 bits per heavy atom. The molecular formula is C11H8F8N2O2. The number of alkyl halides is 8.